The van der Waals surface area contributed by atoms with Gasteiger partial charge >= 0.3 is 5.97 Å². The third-order valence-electron chi connectivity index (χ3n) is 2.74. The van der Waals surface area contributed by atoms with Crippen molar-refractivity contribution in [3.8, 4) is 6.07 Å². The predicted molar refractivity (Wildman–Crippen MR) is 78.5 cm³/mol. The van der Waals surface area contributed by atoms with Crippen LogP contribution in [0.25, 0.3) is 0 Å². The van der Waals surface area contributed by atoms with Gasteiger partial charge in [-0.25, -0.2) is 0 Å². The monoisotopic (exact) mass is 283 g/mol. The maximum Gasteiger partial charge on any atom is 0.307 e. The summed E-state index contributed by atoms with van der Waals surface area (Å²) in [6, 6.07) is 17.2. The third-order valence-corrected chi connectivity index (χ3v) is 3.82. The molecule has 0 unspecified atom stereocenters. The third kappa shape index (κ3) is 4.15. The zero-order valence-corrected chi connectivity index (χ0v) is 11.6. The van der Waals surface area contributed by atoms with Crippen LogP contribution in [0.5, 0.6) is 0 Å². The fourth-order valence-corrected chi connectivity index (χ4v) is 2.62. The van der Waals surface area contributed by atoms with Crippen LogP contribution in [0.3, 0.4) is 0 Å². The molecule has 0 heterocycles. The Morgan fingerprint density at radius 3 is 2.55 bits per heavy atom. The average Bonchev–Trinajstić information content (AvgIpc) is 2.46. The first-order valence-electron chi connectivity index (χ1n) is 6.10. The zero-order valence-electron chi connectivity index (χ0n) is 10.7. The summed E-state index contributed by atoms with van der Waals surface area (Å²) in [4.78, 5) is 11.7. The fraction of sp³-hybridized carbons (Fsp3) is 0.125. The van der Waals surface area contributed by atoms with Gasteiger partial charge in [0.05, 0.1) is 18.1 Å². The van der Waals surface area contributed by atoms with Crippen LogP contribution in [0.15, 0.2) is 53.4 Å². The minimum absolute atomic E-state index is 0.0508. The maximum absolute atomic E-state index is 10.6. The van der Waals surface area contributed by atoms with Gasteiger partial charge in [-0.3, -0.25) is 4.79 Å². The van der Waals surface area contributed by atoms with Crippen LogP contribution in [-0.4, -0.2) is 11.1 Å². The number of aliphatic carboxylic acids is 1. The highest BCUT2D eigenvalue weighted by molar-refractivity contribution is 7.98. The summed E-state index contributed by atoms with van der Waals surface area (Å²) in [6.07, 6.45) is 0.0508. The first-order chi connectivity index (χ1) is 9.67. The lowest BCUT2D eigenvalue weighted by Gasteiger charge is -2.04. The second-order valence-corrected chi connectivity index (χ2v) is 5.36. The molecule has 2 rings (SSSR count). The standard InChI is InChI=1S/C16H13NO2S/c17-10-13-2-1-3-14(8-13)11-20-15-6-4-12(5-7-15)9-16(18)19/h1-8H,9,11H2,(H,18,19). The molecule has 20 heavy (non-hydrogen) atoms. The van der Waals surface area contributed by atoms with E-state index in [9.17, 15) is 4.79 Å². The van der Waals surface area contributed by atoms with Crippen molar-refractivity contribution < 1.29 is 9.90 Å². The van der Waals surface area contributed by atoms with Gasteiger partial charge in [-0.2, -0.15) is 5.26 Å². The topological polar surface area (TPSA) is 61.1 Å². The van der Waals surface area contributed by atoms with Gasteiger partial charge in [0.25, 0.3) is 0 Å². The van der Waals surface area contributed by atoms with E-state index in [1.807, 2.05) is 42.5 Å². The van der Waals surface area contributed by atoms with Crippen LogP contribution in [0, 0.1) is 11.3 Å². The van der Waals surface area contributed by atoms with Crippen LogP contribution >= 0.6 is 11.8 Å². The van der Waals surface area contributed by atoms with E-state index in [2.05, 4.69) is 6.07 Å². The van der Waals surface area contributed by atoms with E-state index >= 15 is 0 Å². The van der Waals surface area contributed by atoms with E-state index < -0.39 is 5.97 Å². The molecule has 0 aliphatic rings. The number of carboxylic acids is 1. The highest BCUT2D eigenvalue weighted by Crippen LogP contribution is 2.23. The highest BCUT2D eigenvalue weighted by atomic mass is 32.2. The smallest absolute Gasteiger partial charge is 0.307 e. The predicted octanol–water partition coefficient (Wildman–Crippen LogP) is 3.48. The van der Waals surface area contributed by atoms with Crippen molar-refractivity contribution in [1.29, 1.82) is 5.26 Å². The van der Waals surface area contributed by atoms with Gasteiger partial charge in [-0.1, -0.05) is 24.3 Å². The average molecular weight is 283 g/mol. The summed E-state index contributed by atoms with van der Waals surface area (Å²) in [6.45, 7) is 0. The number of hydrogen-bond donors (Lipinski definition) is 1. The molecule has 0 amide bonds. The summed E-state index contributed by atoms with van der Waals surface area (Å²) < 4.78 is 0. The quantitative estimate of drug-likeness (QED) is 0.853. The summed E-state index contributed by atoms with van der Waals surface area (Å²) >= 11 is 1.66. The number of benzene rings is 2. The van der Waals surface area contributed by atoms with Gasteiger partial charge in [0, 0.05) is 10.6 Å². The normalized spacial score (nSPS) is 9.95. The zero-order chi connectivity index (χ0) is 14.4. The Labute approximate surface area is 121 Å². The van der Waals surface area contributed by atoms with Gasteiger partial charge in [0.2, 0.25) is 0 Å². The minimum Gasteiger partial charge on any atom is -0.481 e. The van der Waals surface area contributed by atoms with E-state index in [-0.39, 0.29) is 6.42 Å². The molecule has 0 aromatic heterocycles. The Bertz CT molecular complexity index is 644. The molecule has 0 bridgehead atoms. The lowest BCUT2D eigenvalue weighted by Crippen LogP contribution is -1.99. The number of nitriles is 1. The summed E-state index contributed by atoms with van der Waals surface area (Å²) in [5.41, 5.74) is 2.57. The van der Waals surface area contributed by atoms with Crippen LogP contribution < -0.4 is 0 Å². The Morgan fingerprint density at radius 2 is 1.90 bits per heavy atom. The summed E-state index contributed by atoms with van der Waals surface area (Å²) in [5.74, 6) is -0.0351. The summed E-state index contributed by atoms with van der Waals surface area (Å²) in [5, 5.41) is 17.6. The molecule has 0 saturated carbocycles. The maximum atomic E-state index is 10.6. The minimum atomic E-state index is -0.821. The van der Waals surface area contributed by atoms with E-state index in [4.69, 9.17) is 10.4 Å². The lowest BCUT2D eigenvalue weighted by molar-refractivity contribution is -0.136. The van der Waals surface area contributed by atoms with E-state index in [1.54, 1.807) is 17.8 Å². The Kier molecular flexibility index (Phi) is 4.80. The molecule has 2 aromatic rings. The molecule has 0 aliphatic heterocycles. The largest absolute Gasteiger partial charge is 0.481 e. The number of nitrogens with zero attached hydrogens (tertiary/aromatic N) is 1. The van der Waals surface area contributed by atoms with Gasteiger partial charge < -0.3 is 5.11 Å². The van der Waals surface area contributed by atoms with Crippen molar-refractivity contribution in [2.24, 2.45) is 0 Å². The lowest BCUT2D eigenvalue weighted by atomic mass is 10.1. The summed E-state index contributed by atoms with van der Waals surface area (Å²) in [7, 11) is 0. The molecule has 3 nitrogen and oxygen atoms in total. The van der Waals surface area contributed by atoms with E-state index in [0.717, 1.165) is 21.8 Å². The molecular formula is C16H13NO2S. The molecule has 0 aliphatic carbocycles. The van der Waals surface area contributed by atoms with Crippen LogP contribution in [-0.2, 0) is 17.0 Å². The number of carboxylic acid groups (broad SMARTS) is 1. The van der Waals surface area contributed by atoms with E-state index in [1.165, 1.54) is 0 Å². The number of thioether (sulfide) groups is 1. The van der Waals surface area contributed by atoms with E-state index in [0.29, 0.717) is 5.56 Å². The van der Waals surface area contributed by atoms with Crippen molar-refractivity contribution in [3.63, 3.8) is 0 Å². The molecule has 1 N–H and O–H groups in total. The van der Waals surface area contributed by atoms with Crippen LogP contribution in [0.4, 0.5) is 0 Å². The Balaban J connectivity index is 1.97. The number of carbonyl (C=O) groups is 1. The van der Waals surface area contributed by atoms with Crippen molar-refractivity contribution in [3.05, 3.63) is 65.2 Å². The first-order valence-corrected chi connectivity index (χ1v) is 7.08. The Morgan fingerprint density at radius 1 is 1.15 bits per heavy atom. The molecule has 0 spiro atoms. The van der Waals surface area contributed by atoms with Gasteiger partial charge in [0.1, 0.15) is 0 Å². The van der Waals surface area contributed by atoms with Gasteiger partial charge in [-0.05, 0) is 35.4 Å². The fourth-order valence-electron chi connectivity index (χ4n) is 1.78. The van der Waals surface area contributed by atoms with Gasteiger partial charge in [-0.15, -0.1) is 11.8 Å². The molecular weight excluding hydrogens is 270 g/mol. The molecule has 0 fully saturated rings. The highest BCUT2D eigenvalue weighted by Gasteiger charge is 2.01. The molecule has 2 aromatic carbocycles. The first kappa shape index (κ1) is 14.2. The SMILES string of the molecule is N#Cc1cccc(CSc2ccc(CC(=O)O)cc2)c1. The number of hydrogen-bond acceptors (Lipinski definition) is 3. The molecule has 0 radical (unpaired) electrons. The second kappa shape index (κ2) is 6.78. The van der Waals surface area contributed by atoms with Crippen molar-refractivity contribution >= 4 is 17.7 Å². The van der Waals surface area contributed by atoms with Crippen LogP contribution in [0.2, 0.25) is 0 Å². The van der Waals surface area contributed by atoms with Crippen molar-refractivity contribution in [1.82, 2.24) is 0 Å². The molecule has 100 valence electrons. The van der Waals surface area contributed by atoms with Crippen molar-refractivity contribution in [2.45, 2.75) is 17.1 Å². The number of rotatable bonds is 5. The van der Waals surface area contributed by atoms with Crippen LogP contribution in [0.1, 0.15) is 16.7 Å². The van der Waals surface area contributed by atoms with Crippen molar-refractivity contribution in [2.75, 3.05) is 0 Å². The Hall–Kier alpha value is -2.25. The molecule has 0 atom stereocenters. The van der Waals surface area contributed by atoms with Gasteiger partial charge in [0.15, 0.2) is 0 Å². The molecule has 4 heteroatoms. The second-order valence-electron chi connectivity index (χ2n) is 4.32. The molecule has 0 saturated heterocycles.